The number of aromatic nitrogens is 2. The van der Waals surface area contributed by atoms with Gasteiger partial charge in [0.15, 0.2) is 15.9 Å². The number of halogens is 6. The minimum atomic E-state index is -4.74. The van der Waals surface area contributed by atoms with Gasteiger partial charge in [-0.2, -0.15) is 26.3 Å². The van der Waals surface area contributed by atoms with Crippen molar-refractivity contribution in [2.75, 3.05) is 19.3 Å². The van der Waals surface area contributed by atoms with Crippen molar-refractivity contribution in [2.24, 2.45) is 5.92 Å². The fourth-order valence-corrected chi connectivity index (χ4v) is 5.41. The Morgan fingerprint density at radius 3 is 2.38 bits per heavy atom. The van der Waals surface area contributed by atoms with Crippen LogP contribution < -0.4 is 4.74 Å². The van der Waals surface area contributed by atoms with Crippen molar-refractivity contribution in [3.05, 3.63) is 35.5 Å². The highest BCUT2D eigenvalue weighted by molar-refractivity contribution is 7.90. The number of hydrogen-bond acceptors (Lipinski definition) is 7. The van der Waals surface area contributed by atoms with Crippen LogP contribution in [0.5, 0.6) is 5.75 Å². The third-order valence-electron chi connectivity index (χ3n) is 7.36. The first-order chi connectivity index (χ1) is 17.0. The van der Waals surface area contributed by atoms with Crippen molar-refractivity contribution >= 4 is 15.7 Å². The number of benzene rings is 1. The van der Waals surface area contributed by atoms with Gasteiger partial charge in [0.2, 0.25) is 11.8 Å². The number of piperidine rings is 1. The molecule has 202 valence electrons. The quantitative estimate of drug-likeness (QED) is 0.502. The number of hydrogen-bond donors (Lipinski definition) is 0. The highest BCUT2D eigenvalue weighted by atomic mass is 32.2. The second-order valence-corrected chi connectivity index (χ2v) is 12.0. The molecule has 1 aromatic heterocycles. The van der Waals surface area contributed by atoms with E-state index in [0.29, 0.717) is 6.42 Å². The highest BCUT2D eigenvalue weighted by Crippen LogP contribution is 2.62. The molecule has 5 rings (SSSR count). The summed E-state index contributed by atoms with van der Waals surface area (Å²) in [4.78, 5) is 14.4. The Balaban J connectivity index is 1.41. The normalized spacial score (nSPS) is 25.5. The first-order valence-corrected chi connectivity index (χ1v) is 13.1. The van der Waals surface area contributed by atoms with Crippen LogP contribution in [0.2, 0.25) is 0 Å². The molecule has 0 N–H and O–H groups in total. The number of nitrogens with zero attached hydrogens (tertiary/aromatic N) is 3. The van der Waals surface area contributed by atoms with E-state index in [2.05, 4.69) is 10.2 Å². The molecule has 3 aliphatic rings. The van der Waals surface area contributed by atoms with Crippen LogP contribution in [-0.2, 0) is 20.7 Å². The van der Waals surface area contributed by atoms with Gasteiger partial charge in [0.1, 0.15) is 11.2 Å². The van der Waals surface area contributed by atoms with E-state index in [1.54, 1.807) is 0 Å². The number of fused-ring (bicyclic) bond motifs is 1. The molecule has 2 aliphatic carbocycles. The lowest BCUT2D eigenvalue weighted by Crippen LogP contribution is -2.35. The molecule has 2 saturated carbocycles. The van der Waals surface area contributed by atoms with Crippen molar-refractivity contribution in [2.45, 2.75) is 60.4 Å². The van der Waals surface area contributed by atoms with E-state index in [-0.39, 0.29) is 48.2 Å². The van der Waals surface area contributed by atoms with Gasteiger partial charge in [-0.1, -0.05) is 0 Å². The number of alkyl halides is 6. The summed E-state index contributed by atoms with van der Waals surface area (Å²) in [5.41, 5.74) is -3.39. The molecule has 37 heavy (non-hydrogen) atoms. The van der Waals surface area contributed by atoms with Crippen LogP contribution in [0.25, 0.3) is 0 Å². The molecule has 0 spiro atoms. The first kappa shape index (κ1) is 25.8. The Morgan fingerprint density at radius 2 is 1.81 bits per heavy atom. The monoisotopic (exact) mass is 553 g/mol. The van der Waals surface area contributed by atoms with E-state index < -0.39 is 56.7 Å². The van der Waals surface area contributed by atoms with E-state index in [4.69, 9.17) is 9.15 Å². The summed E-state index contributed by atoms with van der Waals surface area (Å²) in [5.74, 6) is -1.97. The number of carbonyl (C=O) groups is 1. The van der Waals surface area contributed by atoms with Crippen molar-refractivity contribution in [3.8, 4) is 5.75 Å². The van der Waals surface area contributed by atoms with Gasteiger partial charge >= 0.3 is 12.4 Å². The van der Waals surface area contributed by atoms with Gasteiger partial charge in [0, 0.05) is 19.3 Å². The average molecular weight is 553 g/mol. The second kappa shape index (κ2) is 7.84. The number of amides is 1. The zero-order chi connectivity index (χ0) is 27.2. The average Bonchev–Trinajstić information content (AvgIpc) is 3.63. The number of ether oxygens (including phenoxy) is 1. The van der Waals surface area contributed by atoms with Crippen LogP contribution in [-0.4, -0.2) is 67.2 Å². The van der Waals surface area contributed by atoms with Gasteiger partial charge in [-0.05, 0) is 50.3 Å². The van der Waals surface area contributed by atoms with Crippen LogP contribution in [0.4, 0.5) is 26.3 Å². The Morgan fingerprint density at radius 1 is 1.16 bits per heavy atom. The maximum absolute atomic E-state index is 13.4. The molecule has 1 amide bonds. The Labute approximate surface area is 206 Å². The largest absolute Gasteiger partial charge is 0.480 e. The van der Waals surface area contributed by atoms with E-state index >= 15 is 0 Å². The predicted octanol–water partition coefficient (Wildman–Crippen LogP) is 3.81. The van der Waals surface area contributed by atoms with E-state index in [1.807, 2.05) is 0 Å². The molecule has 2 unspecified atom stereocenters. The minimum Gasteiger partial charge on any atom is -0.480 e. The molecule has 0 radical (unpaired) electrons. The maximum Gasteiger partial charge on any atom is 0.425 e. The lowest BCUT2D eigenvalue weighted by molar-refractivity contribution is -0.189. The second-order valence-electron chi connectivity index (χ2n) is 9.97. The summed E-state index contributed by atoms with van der Waals surface area (Å²) in [6.07, 6.45) is -10.5. The molecule has 1 aliphatic heterocycles. The van der Waals surface area contributed by atoms with Crippen molar-refractivity contribution < 1.29 is 48.7 Å². The Bertz CT molecular complexity index is 1370. The van der Waals surface area contributed by atoms with Gasteiger partial charge in [0.25, 0.3) is 5.91 Å². The lowest BCUT2D eigenvalue weighted by Gasteiger charge is -2.24. The SMILES string of the molecule is C[C@@H](Oc1ccc(S(C)(=O)=O)cc1C(=O)N1CC2CC2(c2nnc(C3(C(F)(F)F)CC3)o2)C1)C(F)(F)F. The molecule has 8 nitrogen and oxygen atoms in total. The smallest absolute Gasteiger partial charge is 0.425 e. The van der Waals surface area contributed by atoms with Crippen molar-refractivity contribution in [1.29, 1.82) is 0 Å². The first-order valence-electron chi connectivity index (χ1n) is 11.3. The molecule has 0 bridgehead atoms. The molecule has 1 saturated heterocycles. The number of carbonyl (C=O) groups excluding carboxylic acids is 1. The number of likely N-dealkylation sites (tertiary alicyclic amines) is 1. The molecular weight excluding hydrogens is 532 g/mol. The highest BCUT2D eigenvalue weighted by Gasteiger charge is 2.70. The summed E-state index contributed by atoms with van der Waals surface area (Å²) in [6, 6.07) is 2.99. The van der Waals surface area contributed by atoms with E-state index in [9.17, 15) is 39.6 Å². The van der Waals surface area contributed by atoms with Gasteiger partial charge in [-0.25, -0.2) is 8.42 Å². The summed E-state index contributed by atoms with van der Waals surface area (Å²) >= 11 is 0. The zero-order valence-corrected chi connectivity index (χ0v) is 20.3. The third kappa shape index (κ3) is 4.24. The molecular formula is C22H21F6N3O5S. The molecule has 1 aromatic carbocycles. The molecule has 2 aromatic rings. The topological polar surface area (TPSA) is 103 Å². The Kier molecular flexibility index (Phi) is 5.46. The fourth-order valence-electron chi connectivity index (χ4n) is 4.77. The summed E-state index contributed by atoms with van der Waals surface area (Å²) in [7, 11) is -3.80. The van der Waals surface area contributed by atoms with Gasteiger partial charge in [-0.15, -0.1) is 10.2 Å². The molecule has 2 heterocycles. The maximum atomic E-state index is 13.4. The predicted molar refractivity (Wildman–Crippen MR) is 113 cm³/mol. The molecule has 3 fully saturated rings. The molecule has 15 heteroatoms. The van der Waals surface area contributed by atoms with Crippen molar-refractivity contribution in [1.82, 2.24) is 15.1 Å². The number of rotatable bonds is 6. The summed E-state index contributed by atoms with van der Waals surface area (Å²) < 4.78 is 114. The number of sulfone groups is 1. The van der Waals surface area contributed by atoms with E-state index in [0.717, 1.165) is 31.4 Å². The Hall–Kier alpha value is -2.84. The van der Waals surface area contributed by atoms with Crippen LogP contribution in [0.3, 0.4) is 0 Å². The minimum absolute atomic E-state index is 0.0228. The zero-order valence-electron chi connectivity index (χ0n) is 19.5. The molecule has 3 atom stereocenters. The third-order valence-corrected chi connectivity index (χ3v) is 8.47. The summed E-state index contributed by atoms with van der Waals surface area (Å²) in [6.45, 7) is 0.840. The van der Waals surface area contributed by atoms with Gasteiger partial charge in [0.05, 0.1) is 15.9 Å². The van der Waals surface area contributed by atoms with Crippen LogP contribution >= 0.6 is 0 Å². The van der Waals surface area contributed by atoms with Crippen LogP contribution in [0.1, 0.15) is 48.3 Å². The lowest BCUT2D eigenvalue weighted by atomic mass is 10.1. The standard InChI is InChI=1S/C22H21F6N3O5S/c1-11(21(23,24)25)35-15-4-3-13(37(2,33)34)7-14(15)16(32)31-9-12-8-19(12,10-31)17-29-30-18(36-17)20(5-6-20)22(26,27)28/h3-4,7,11-12H,5-6,8-10H2,1-2H3/t11-,12?,19?/m1/s1. The van der Waals surface area contributed by atoms with Gasteiger partial charge in [-0.3, -0.25) is 4.79 Å². The fraction of sp³-hybridized carbons (Fsp3) is 0.591. The van der Waals surface area contributed by atoms with Crippen LogP contribution in [0, 0.1) is 5.92 Å². The van der Waals surface area contributed by atoms with E-state index in [1.165, 1.54) is 4.90 Å². The van der Waals surface area contributed by atoms with Gasteiger partial charge < -0.3 is 14.1 Å². The summed E-state index contributed by atoms with van der Waals surface area (Å²) in [5, 5.41) is 7.48. The van der Waals surface area contributed by atoms with Crippen LogP contribution in [0.15, 0.2) is 27.5 Å². The van der Waals surface area contributed by atoms with Crippen molar-refractivity contribution in [3.63, 3.8) is 0 Å².